The number of aliphatic carboxylic acids is 1. The van der Waals surface area contributed by atoms with Gasteiger partial charge in [-0.1, -0.05) is 6.92 Å². The van der Waals surface area contributed by atoms with E-state index in [0.29, 0.717) is 29.7 Å². The van der Waals surface area contributed by atoms with Crippen molar-refractivity contribution in [2.45, 2.75) is 25.8 Å². The smallest absolute Gasteiger partial charge is 0.317 e. The van der Waals surface area contributed by atoms with Crippen LogP contribution in [0.4, 0.5) is 4.39 Å². The third-order valence-corrected chi connectivity index (χ3v) is 4.83. The zero-order chi connectivity index (χ0) is 17.0. The molecule has 5 nitrogen and oxygen atoms in total. The SMILES string of the molecule is CCN(CC(=O)O)C1CCN(C(=O)c2ccc(F)cc2Br)CC1. The van der Waals surface area contributed by atoms with E-state index in [-0.39, 0.29) is 24.3 Å². The molecule has 0 aliphatic carbocycles. The summed E-state index contributed by atoms with van der Waals surface area (Å²) in [7, 11) is 0. The summed E-state index contributed by atoms with van der Waals surface area (Å²) < 4.78 is 13.6. The van der Waals surface area contributed by atoms with Gasteiger partial charge in [0.05, 0.1) is 12.1 Å². The molecule has 1 N–H and O–H groups in total. The van der Waals surface area contributed by atoms with E-state index in [1.807, 2.05) is 11.8 Å². The molecular formula is C16H20BrFN2O3. The normalized spacial score (nSPS) is 15.9. The molecule has 1 heterocycles. The lowest BCUT2D eigenvalue weighted by Crippen LogP contribution is -2.48. The molecule has 1 aromatic carbocycles. The Morgan fingerprint density at radius 2 is 2.04 bits per heavy atom. The number of likely N-dealkylation sites (tertiary alicyclic amines) is 1. The molecule has 1 saturated heterocycles. The van der Waals surface area contributed by atoms with Crippen LogP contribution in [0.15, 0.2) is 22.7 Å². The molecule has 0 bridgehead atoms. The first-order chi connectivity index (χ1) is 10.9. The summed E-state index contributed by atoms with van der Waals surface area (Å²) in [6.45, 7) is 3.79. The van der Waals surface area contributed by atoms with E-state index in [9.17, 15) is 14.0 Å². The number of carboxylic acids is 1. The molecule has 7 heteroatoms. The highest BCUT2D eigenvalue weighted by molar-refractivity contribution is 9.10. The van der Waals surface area contributed by atoms with Gasteiger partial charge in [0.2, 0.25) is 0 Å². The van der Waals surface area contributed by atoms with Gasteiger partial charge < -0.3 is 10.0 Å². The fraction of sp³-hybridized carbons (Fsp3) is 0.500. The first-order valence-corrected chi connectivity index (χ1v) is 8.41. The van der Waals surface area contributed by atoms with Crippen molar-refractivity contribution in [2.24, 2.45) is 0 Å². The van der Waals surface area contributed by atoms with E-state index in [4.69, 9.17) is 5.11 Å². The minimum atomic E-state index is -0.833. The predicted octanol–water partition coefficient (Wildman–Crippen LogP) is 2.60. The molecule has 0 saturated carbocycles. The quantitative estimate of drug-likeness (QED) is 0.844. The topological polar surface area (TPSA) is 60.9 Å². The van der Waals surface area contributed by atoms with Gasteiger partial charge in [-0.2, -0.15) is 0 Å². The zero-order valence-corrected chi connectivity index (χ0v) is 14.6. The van der Waals surface area contributed by atoms with Crippen LogP contribution >= 0.6 is 15.9 Å². The molecule has 0 unspecified atom stereocenters. The van der Waals surface area contributed by atoms with Gasteiger partial charge in [-0.25, -0.2) is 4.39 Å². The number of hydrogen-bond acceptors (Lipinski definition) is 3. The summed E-state index contributed by atoms with van der Waals surface area (Å²) in [6.07, 6.45) is 1.48. The van der Waals surface area contributed by atoms with Gasteiger partial charge in [-0.15, -0.1) is 0 Å². The fourth-order valence-electron chi connectivity index (χ4n) is 2.94. The largest absolute Gasteiger partial charge is 0.480 e. The maximum Gasteiger partial charge on any atom is 0.317 e. The number of halogens is 2. The van der Waals surface area contributed by atoms with Crippen molar-refractivity contribution in [1.82, 2.24) is 9.80 Å². The molecule has 126 valence electrons. The van der Waals surface area contributed by atoms with Gasteiger partial charge in [0, 0.05) is 23.6 Å². The van der Waals surface area contributed by atoms with E-state index < -0.39 is 5.97 Å². The molecule has 1 aliphatic heterocycles. The molecule has 0 spiro atoms. The van der Waals surface area contributed by atoms with Crippen LogP contribution in [0.2, 0.25) is 0 Å². The minimum absolute atomic E-state index is 0.0264. The summed E-state index contributed by atoms with van der Waals surface area (Å²) in [5, 5.41) is 8.95. The lowest BCUT2D eigenvalue weighted by atomic mass is 10.0. The standard InChI is InChI=1S/C16H20BrFN2O3/c1-2-19(10-15(21)22)12-5-7-20(8-6-12)16(23)13-4-3-11(18)9-14(13)17/h3-4,9,12H,2,5-8,10H2,1H3,(H,21,22). The number of piperidine rings is 1. The summed E-state index contributed by atoms with van der Waals surface area (Å²) in [5.41, 5.74) is 0.447. The van der Waals surface area contributed by atoms with E-state index in [2.05, 4.69) is 15.9 Å². The van der Waals surface area contributed by atoms with E-state index in [0.717, 1.165) is 12.8 Å². The van der Waals surface area contributed by atoms with Crippen LogP contribution in [0.3, 0.4) is 0 Å². The van der Waals surface area contributed by atoms with Crippen molar-refractivity contribution in [1.29, 1.82) is 0 Å². The van der Waals surface area contributed by atoms with Crippen LogP contribution in [0.5, 0.6) is 0 Å². The van der Waals surface area contributed by atoms with Crippen LogP contribution in [0.25, 0.3) is 0 Å². The second kappa shape index (κ2) is 7.88. The van der Waals surface area contributed by atoms with Crippen LogP contribution in [0.1, 0.15) is 30.1 Å². The fourth-order valence-corrected chi connectivity index (χ4v) is 3.46. The molecule has 1 aromatic rings. The van der Waals surface area contributed by atoms with E-state index >= 15 is 0 Å². The first kappa shape index (κ1) is 17.9. The van der Waals surface area contributed by atoms with Gasteiger partial charge in [0.15, 0.2) is 0 Å². The Kier molecular flexibility index (Phi) is 6.12. The lowest BCUT2D eigenvalue weighted by molar-refractivity contribution is -0.139. The van der Waals surface area contributed by atoms with Gasteiger partial charge in [-0.3, -0.25) is 14.5 Å². The maximum atomic E-state index is 13.1. The molecule has 0 atom stereocenters. The number of carboxylic acid groups (broad SMARTS) is 1. The molecular weight excluding hydrogens is 367 g/mol. The third kappa shape index (κ3) is 4.51. The van der Waals surface area contributed by atoms with Gasteiger partial charge >= 0.3 is 5.97 Å². The van der Waals surface area contributed by atoms with Crippen molar-refractivity contribution in [3.8, 4) is 0 Å². The highest BCUT2D eigenvalue weighted by Crippen LogP contribution is 2.23. The van der Waals surface area contributed by atoms with E-state index in [1.54, 1.807) is 4.90 Å². The third-order valence-electron chi connectivity index (χ3n) is 4.17. The van der Waals surface area contributed by atoms with E-state index in [1.165, 1.54) is 18.2 Å². The van der Waals surface area contributed by atoms with Crippen LogP contribution in [-0.2, 0) is 4.79 Å². The summed E-state index contributed by atoms with van der Waals surface area (Å²) in [4.78, 5) is 27.1. The molecule has 1 amide bonds. The minimum Gasteiger partial charge on any atom is -0.480 e. The molecule has 0 aromatic heterocycles. The van der Waals surface area contributed by atoms with Gasteiger partial charge in [-0.05, 0) is 53.5 Å². The highest BCUT2D eigenvalue weighted by Gasteiger charge is 2.28. The number of rotatable bonds is 5. The average Bonchev–Trinajstić information content (AvgIpc) is 2.52. The van der Waals surface area contributed by atoms with Crippen LogP contribution in [0, 0.1) is 5.82 Å². The maximum absolute atomic E-state index is 13.1. The second-order valence-corrected chi connectivity index (χ2v) is 6.46. The lowest BCUT2D eigenvalue weighted by Gasteiger charge is -2.37. The highest BCUT2D eigenvalue weighted by atomic mass is 79.9. The monoisotopic (exact) mass is 386 g/mol. The summed E-state index contributed by atoms with van der Waals surface area (Å²) in [5.74, 6) is -1.35. The summed E-state index contributed by atoms with van der Waals surface area (Å²) >= 11 is 3.23. The first-order valence-electron chi connectivity index (χ1n) is 7.62. The van der Waals surface area contributed by atoms with Crippen molar-refractivity contribution < 1.29 is 19.1 Å². The number of carbonyl (C=O) groups is 2. The zero-order valence-electron chi connectivity index (χ0n) is 13.0. The van der Waals surface area contributed by atoms with Crippen molar-refractivity contribution in [3.05, 3.63) is 34.1 Å². The molecule has 1 aliphatic rings. The van der Waals surface area contributed by atoms with Crippen LogP contribution < -0.4 is 0 Å². The Hall–Kier alpha value is -1.47. The predicted molar refractivity (Wildman–Crippen MR) is 87.9 cm³/mol. The van der Waals surface area contributed by atoms with Gasteiger partial charge in [0.25, 0.3) is 5.91 Å². The average molecular weight is 387 g/mol. The Balaban J connectivity index is 1.98. The Morgan fingerprint density at radius 1 is 1.39 bits per heavy atom. The van der Waals surface area contributed by atoms with Crippen molar-refractivity contribution in [3.63, 3.8) is 0 Å². The second-order valence-electron chi connectivity index (χ2n) is 5.60. The Labute approximate surface area is 143 Å². The summed E-state index contributed by atoms with van der Waals surface area (Å²) in [6, 6.07) is 4.22. The number of hydrogen-bond donors (Lipinski definition) is 1. The number of amides is 1. The number of likely N-dealkylation sites (N-methyl/N-ethyl adjacent to an activating group) is 1. The number of nitrogens with zero attached hydrogens (tertiary/aromatic N) is 2. The van der Waals surface area contributed by atoms with Crippen molar-refractivity contribution in [2.75, 3.05) is 26.2 Å². The Bertz CT molecular complexity index is 589. The molecule has 2 rings (SSSR count). The Morgan fingerprint density at radius 3 is 2.57 bits per heavy atom. The molecule has 1 fully saturated rings. The van der Waals surface area contributed by atoms with Crippen LogP contribution in [-0.4, -0.2) is 59.0 Å². The van der Waals surface area contributed by atoms with Gasteiger partial charge in [0.1, 0.15) is 5.82 Å². The molecule has 23 heavy (non-hydrogen) atoms. The number of carbonyl (C=O) groups excluding carboxylic acids is 1. The molecule has 0 radical (unpaired) electrons. The van der Waals surface area contributed by atoms with Crippen molar-refractivity contribution >= 4 is 27.8 Å². The number of benzene rings is 1.